The van der Waals surface area contributed by atoms with Crippen molar-refractivity contribution in [2.45, 2.75) is 0 Å². The van der Waals surface area contributed by atoms with E-state index in [0.717, 1.165) is 22.2 Å². The summed E-state index contributed by atoms with van der Waals surface area (Å²) in [6, 6.07) is 17.9. The molecule has 1 aromatic heterocycles. The molecule has 0 unspecified atom stereocenters. The van der Waals surface area contributed by atoms with Crippen molar-refractivity contribution in [3.05, 3.63) is 65.9 Å². The zero-order valence-corrected chi connectivity index (χ0v) is 14.4. The summed E-state index contributed by atoms with van der Waals surface area (Å²) in [5.41, 5.74) is 3.99. The molecule has 0 bridgehead atoms. The van der Waals surface area contributed by atoms with Gasteiger partial charge in [0.2, 0.25) is 0 Å². The van der Waals surface area contributed by atoms with Gasteiger partial charge in [-0.3, -0.25) is 0 Å². The molecule has 0 radical (unpaired) electrons. The van der Waals surface area contributed by atoms with E-state index in [0.29, 0.717) is 5.75 Å². The van der Waals surface area contributed by atoms with Gasteiger partial charge in [0.15, 0.2) is 0 Å². The van der Waals surface area contributed by atoms with E-state index in [9.17, 15) is 4.39 Å². The molecule has 4 heteroatoms. The molecule has 0 N–H and O–H groups in total. The highest BCUT2D eigenvalue weighted by Gasteiger charge is 2.00. The van der Waals surface area contributed by atoms with E-state index in [1.165, 1.54) is 5.69 Å². The third-order valence-electron chi connectivity index (χ3n) is 3.89. The third kappa shape index (κ3) is 4.35. The fraction of sp³-hybridized carbons (Fsp3) is 0.190. The van der Waals surface area contributed by atoms with Crippen molar-refractivity contribution in [3.63, 3.8) is 0 Å². The summed E-state index contributed by atoms with van der Waals surface area (Å²) in [6.45, 7) is -0.436. The molecule has 0 aliphatic heterocycles. The van der Waals surface area contributed by atoms with Crippen LogP contribution in [0.1, 0.15) is 11.3 Å². The van der Waals surface area contributed by atoms with E-state index in [2.05, 4.69) is 34.1 Å². The van der Waals surface area contributed by atoms with E-state index in [1.54, 1.807) is 0 Å². The zero-order chi connectivity index (χ0) is 17.6. The second-order valence-corrected chi connectivity index (χ2v) is 5.95. The number of halogens is 1. The number of pyridine rings is 1. The Balaban J connectivity index is 1.80. The molecule has 0 aliphatic rings. The summed E-state index contributed by atoms with van der Waals surface area (Å²) >= 11 is 0. The lowest BCUT2D eigenvalue weighted by Gasteiger charge is -2.11. The van der Waals surface area contributed by atoms with Gasteiger partial charge in [0.25, 0.3) is 0 Å². The summed E-state index contributed by atoms with van der Waals surface area (Å²) in [4.78, 5) is 6.71. The van der Waals surface area contributed by atoms with Crippen LogP contribution in [-0.2, 0) is 0 Å². The molecule has 3 nitrogen and oxygen atoms in total. The molecule has 3 aromatic rings. The number of fused-ring (bicyclic) bond motifs is 1. The first-order valence-corrected chi connectivity index (χ1v) is 8.21. The zero-order valence-electron chi connectivity index (χ0n) is 14.4. The minimum absolute atomic E-state index is 0.0635. The molecule has 1 heterocycles. The predicted molar refractivity (Wildman–Crippen MR) is 103 cm³/mol. The molecule has 25 heavy (non-hydrogen) atoms. The van der Waals surface area contributed by atoms with Gasteiger partial charge in [-0.1, -0.05) is 24.3 Å². The van der Waals surface area contributed by atoms with E-state index >= 15 is 0 Å². The standard InChI is InChI=1S/C21H21FN2O/c1-24(2)19-10-4-16(5-11-19)3-8-18-9-6-17-7-12-20(25-14-13-22)15-21(17)23-18/h3-12,15H,13-14H2,1-2H3/b8-3+. The van der Waals surface area contributed by atoms with Crippen LogP contribution in [-0.4, -0.2) is 32.4 Å². The van der Waals surface area contributed by atoms with Crippen molar-refractivity contribution in [3.8, 4) is 5.75 Å². The molecule has 0 saturated carbocycles. The lowest BCUT2D eigenvalue weighted by Crippen LogP contribution is -2.07. The first kappa shape index (κ1) is 17.0. The summed E-state index contributed by atoms with van der Waals surface area (Å²) in [5, 5.41) is 1.03. The predicted octanol–water partition coefficient (Wildman–Crippen LogP) is 4.82. The van der Waals surface area contributed by atoms with Crippen LogP contribution in [0.3, 0.4) is 0 Å². The van der Waals surface area contributed by atoms with Crippen LogP contribution in [0.2, 0.25) is 0 Å². The molecule has 0 spiro atoms. The number of hydrogen-bond acceptors (Lipinski definition) is 3. The average Bonchev–Trinajstić information content (AvgIpc) is 2.64. The monoisotopic (exact) mass is 336 g/mol. The SMILES string of the molecule is CN(C)c1ccc(/C=C/c2ccc3ccc(OCCF)cc3n2)cc1. The van der Waals surface area contributed by atoms with Crippen molar-refractivity contribution in [1.82, 2.24) is 4.98 Å². The highest BCUT2D eigenvalue weighted by atomic mass is 19.1. The summed E-state index contributed by atoms with van der Waals surface area (Å²) in [5.74, 6) is 0.637. The number of ether oxygens (including phenoxy) is 1. The van der Waals surface area contributed by atoms with Gasteiger partial charge >= 0.3 is 0 Å². The first-order valence-electron chi connectivity index (χ1n) is 8.21. The van der Waals surface area contributed by atoms with Crippen LogP contribution in [0, 0.1) is 0 Å². The fourth-order valence-corrected chi connectivity index (χ4v) is 2.52. The van der Waals surface area contributed by atoms with Crippen LogP contribution in [0.5, 0.6) is 5.75 Å². The Morgan fingerprint density at radius 1 is 1.00 bits per heavy atom. The van der Waals surface area contributed by atoms with Crippen molar-refractivity contribution >= 4 is 28.7 Å². The van der Waals surface area contributed by atoms with Crippen molar-refractivity contribution in [2.75, 3.05) is 32.3 Å². The van der Waals surface area contributed by atoms with Gasteiger partial charge in [0.1, 0.15) is 19.0 Å². The lowest BCUT2D eigenvalue weighted by molar-refractivity contribution is 0.273. The Morgan fingerprint density at radius 2 is 1.76 bits per heavy atom. The molecule has 0 fully saturated rings. The minimum Gasteiger partial charge on any atom is -0.491 e. The van der Waals surface area contributed by atoms with Gasteiger partial charge in [0, 0.05) is 31.2 Å². The summed E-state index contributed by atoms with van der Waals surface area (Å²) < 4.78 is 17.6. The maximum atomic E-state index is 12.2. The quantitative estimate of drug-likeness (QED) is 0.645. The third-order valence-corrected chi connectivity index (χ3v) is 3.89. The number of alkyl halides is 1. The summed E-state index contributed by atoms with van der Waals surface area (Å²) in [6.07, 6.45) is 4.02. The van der Waals surface area contributed by atoms with Crippen LogP contribution in [0.15, 0.2) is 54.6 Å². The minimum atomic E-state index is -0.499. The smallest absolute Gasteiger partial charge is 0.123 e. The number of benzene rings is 2. The Morgan fingerprint density at radius 3 is 2.48 bits per heavy atom. The van der Waals surface area contributed by atoms with Gasteiger partial charge in [0.05, 0.1) is 11.2 Å². The number of anilines is 1. The topological polar surface area (TPSA) is 25.4 Å². The Labute approximate surface area is 147 Å². The number of hydrogen-bond donors (Lipinski definition) is 0. The van der Waals surface area contributed by atoms with Crippen molar-refractivity contribution < 1.29 is 9.13 Å². The molecular formula is C21H21FN2O. The fourth-order valence-electron chi connectivity index (χ4n) is 2.52. The molecule has 0 atom stereocenters. The largest absolute Gasteiger partial charge is 0.491 e. The molecule has 2 aromatic carbocycles. The second kappa shape index (κ2) is 7.79. The van der Waals surface area contributed by atoms with Crippen molar-refractivity contribution in [1.29, 1.82) is 0 Å². The maximum Gasteiger partial charge on any atom is 0.123 e. The van der Waals surface area contributed by atoms with Gasteiger partial charge in [-0.15, -0.1) is 0 Å². The maximum absolute atomic E-state index is 12.2. The van der Waals surface area contributed by atoms with Crippen LogP contribution < -0.4 is 9.64 Å². The molecule has 0 amide bonds. The number of nitrogens with zero attached hydrogens (tertiary/aromatic N) is 2. The summed E-state index contributed by atoms with van der Waals surface area (Å²) in [7, 11) is 4.05. The highest BCUT2D eigenvalue weighted by Crippen LogP contribution is 2.21. The van der Waals surface area contributed by atoms with E-state index in [-0.39, 0.29) is 6.61 Å². The van der Waals surface area contributed by atoms with E-state index in [1.807, 2.05) is 56.6 Å². The van der Waals surface area contributed by atoms with Gasteiger partial charge < -0.3 is 9.64 Å². The molecule has 128 valence electrons. The Hall–Kier alpha value is -2.88. The average molecular weight is 336 g/mol. The first-order chi connectivity index (χ1) is 12.2. The number of aromatic nitrogens is 1. The highest BCUT2D eigenvalue weighted by molar-refractivity contribution is 5.82. The normalized spacial score (nSPS) is 11.2. The van der Waals surface area contributed by atoms with Crippen LogP contribution in [0.25, 0.3) is 23.1 Å². The van der Waals surface area contributed by atoms with E-state index in [4.69, 9.17) is 4.74 Å². The van der Waals surface area contributed by atoms with Gasteiger partial charge in [-0.05, 0) is 42.0 Å². The van der Waals surface area contributed by atoms with E-state index < -0.39 is 6.67 Å². The molecular weight excluding hydrogens is 315 g/mol. The molecule has 0 saturated heterocycles. The Kier molecular flexibility index (Phi) is 5.29. The molecule has 0 aliphatic carbocycles. The Bertz CT molecular complexity index is 873. The van der Waals surface area contributed by atoms with Gasteiger partial charge in [-0.25, -0.2) is 9.37 Å². The van der Waals surface area contributed by atoms with Crippen LogP contribution in [0.4, 0.5) is 10.1 Å². The second-order valence-electron chi connectivity index (χ2n) is 5.95. The lowest BCUT2D eigenvalue weighted by atomic mass is 10.1. The molecule has 3 rings (SSSR count). The van der Waals surface area contributed by atoms with Crippen molar-refractivity contribution in [2.24, 2.45) is 0 Å². The number of rotatable bonds is 6. The van der Waals surface area contributed by atoms with Gasteiger partial charge in [-0.2, -0.15) is 0 Å². The van der Waals surface area contributed by atoms with Crippen LogP contribution >= 0.6 is 0 Å².